The van der Waals surface area contributed by atoms with E-state index in [-0.39, 0.29) is 11.6 Å². The fourth-order valence-electron chi connectivity index (χ4n) is 1.18. The van der Waals surface area contributed by atoms with Crippen LogP contribution in [0.15, 0.2) is 28.6 Å². The lowest BCUT2D eigenvalue weighted by molar-refractivity contribution is 0.102. The van der Waals surface area contributed by atoms with Gasteiger partial charge in [0.25, 0.3) is 0 Å². The Morgan fingerprint density at radius 1 is 1.41 bits per heavy atom. The predicted molar refractivity (Wildman–Crippen MR) is 66.1 cm³/mol. The maximum Gasteiger partial charge on any atom is 0.173 e. The van der Waals surface area contributed by atoms with Crippen LogP contribution in [-0.2, 0) is 0 Å². The predicted octanol–water partition coefficient (Wildman–Crippen LogP) is 2.96. The second-order valence-corrected chi connectivity index (χ2v) is 5.30. The Hall–Kier alpha value is -1.27. The number of halogens is 1. The molecule has 1 heterocycles. The summed E-state index contributed by atoms with van der Waals surface area (Å²) < 4.78 is 17.5. The molecule has 17 heavy (non-hydrogen) atoms. The van der Waals surface area contributed by atoms with Gasteiger partial charge in [-0.05, 0) is 42.7 Å². The lowest BCUT2D eigenvalue weighted by Crippen LogP contribution is -2.02. The average molecular weight is 268 g/mol. The number of hydrogen-bond acceptors (Lipinski definition) is 5. The molecule has 0 amide bonds. The van der Waals surface area contributed by atoms with Gasteiger partial charge in [0.2, 0.25) is 0 Å². The molecule has 6 heteroatoms. The summed E-state index contributed by atoms with van der Waals surface area (Å²) in [5.74, 6) is 0.629. The first-order chi connectivity index (χ1) is 8.15. The number of thioether (sulfide) groups is 1. The SMILES string of the molecule is Cc1nsc(SCC(=O)c2ccc(F)cc2)n1. The Morgan fingerprint density at radius 2 is 2.12 bits per heavy atom. The summed E-state index contributed by atoms with van der Waals surface area (Å²) in [7, 11) is 0. The third-order valence-electron chi connectivity index (χ3n) is 2.00. The first kappa shape index (κ1) is 12.2. The van der Waals surface area contributed by atoms with E-state index < -0.39 is 0 Å². The molecule has 0 fully saturated rings. The van der Waals surface area contributed by atoms with Crippen molar-refractivity contribution in [1.82, 2.24) is 9.36 Å². The van der Waals surface area contributed by atoms with Crippen LogP contribution in [0, 0.1) is 12.7 Å². The topological polar surface area (TPSA) is 42.9 Å². The normalized spacial score (nSPS) is 10.5. The maximum absolute atomic E-state index is 12.7. The Balaban J connectivity index is 1.95. The van der Waals surface area contributed by atoms with E-state index in [9.17, 15) is 9.18 Å². The second-order valence-electron chi connectivity index (χ2n) is 3.33. The van der Waals surface area contributed by atoms with E-state index in [4.69, 9.17) is 0 Å². The van der Waals surface area contributed by atoms with E-state index in [0.29, 0.717) is 17.1 Å². The second kappa shape index (κ2) is 5.37. The van der Waals surface area contributed by atoms with Crippen LogP contribution in [0.1, 0.15) is 16.2 Å². The van der Waals surface area contributed by atoms with Crippen molar-refractivity contribution in [1.29, 1.82) is 0 Å². The highest BCUT2D eigenvalue weighted by molar-refractivity contribution is 8.01. The quantitative estimate of drug-likeness (QED) is 0.631. The monoisotopic (exact) mass is 268 g/mol. The van der Waals surface area contributed by atoms with Crippen molar-refractivity contribution in [3.05, 3.63) is 41.5 Å². The summed E-state index contributed by atoms with van der Waals surface area (Å²) in [5, 5.41) is 0. The van der Waals surface area contributed by atoms with Gasteiger partial charge in [0.15, 0.2) is 10.1 Å². The summed E-state index contributed by atoms with van der Waals surface area (Å²) in [5.41, 5.74) is 0.514. The zero-order chi connectivity index (χ0) is 12.3. The molecule has 0 saturated heterocycles. The summed E-state index contributed by atoms with van der Waals surface area (Å²) >= 11 is 2.63. The maximum atomic E-state index is 12.7. The largest absolute Gasteiger partial charge is 0.293 e. The Morgan fingerprint density at radius 3 is 2.71 bits per heavy atom. The van der Waals surface area contributed by atoms with Gasteiger partial charge in [0, 0.05) is 5.56 Å². The Labute approximate surface area is 106 Å². The number of carbonyl (C=O) groups is 1. The van der Waals surface area contributed by atoms with E-state index >= 15 is 0 Å². The van der Waals surface area contributed by atoms with Crippen molar-refractivity contribution >= 4 is 29.1 Å². The zero-order valence-electron chi connectivity index (χ0n) is 9.01. The highest BCUT2D eigenvalue weighted by Crippen LogP contribution is 2.21. The molecule has 0 saturated carbocycles. The molecule has 2 aromatic rings. The molecule has 1 aromatic carbocycles. The molecular weight excluding hydrogens is 259 g/mol. The fourth-order valence-corrected chi connectivity index (χ4v) is 2.72. The van der Waals surface area contributed by atoms with Crippen LogP contribution in [0.25, 0.3) is 0 Å². The third kappa shape index (κ3) is 3.34. The number of nitrogens with zero attached hydrogens (tertiary/aromatic N) is 2. The number of aryl methyl sites for hydroxylation is 1. The number of carbonyl (C=O) groups excluding carboxylic acids is 1. The smallest absolute Gasteiger partial charge is 0.173 e. The molecule has 0 atom stereocenters. The van der Waals surface area contributed by atoms with Crippen LogP contribution >= 0.6 is 23.3 Å². The minimum atomic E-state index is -0.339. The van der Waals surface area contributed by atoms with Gasteiger partial charge in [-0.25, -0.2) is 9.37 Å². The molecule has 0 aliphatic carbocycles. The van der Waals surface area contributed by atoms with Crippen LogP contribution < -0.4 is 0 Å². The van der Waals surface area contributed by atoms with E-state index in [1.165, 1.54) is 47.6 Å². The molecule has 3 nitrogen and oxygen atoms in total. The molecule has 0 aliphatic rings. The van der Waals surface area contributed by atoms with Crippen LogP contribution in [0.3, 0.4) is 0 Å². The lowest BCUT2D eigenvalue weighted by atomic mass is 10.1. The van der Waals surface area contributed by atoms with Gasteiger partial charge in [-0.3, -0.25) is 4.79 Å². The minimum Gasteiger partial charge on any atom is -0.293 e. The number of benzene rings is 1. The molecule has 2 rings (SSSR count). The number of hydrogen-bond donors (Lipinski definition) is 0. The minimum absolute atomic E-state index is 0.0390. The van der Waals surface area contributed by atoms with E-state index in [1.54, 1.807) is 0 Å². The number of aromatic nitrogens is 2. The molecule has 0 unspecified atom stereocenters. The van der Waals surface area contributed by atoms with Crippen LogP contribution in [0.5, 0.6) is 0 Å². The first-order valence-corrected chi connectivity index (χ1v) is 6.63. The van der Waals surface area contributed by atoms with Gasteiger partial charge in [0.05, 0.1) is 5.75 Å². The standard InChI is InChI=1S/C11H9FN2OS2/c1-7-13-11(17-14-7)16-6-10(15)8-2-4-9(12)5-3-8/h2-5H,6H2,1H3. The van der Waals surface area contributed by atoms with Crippen LogP contribution in [0.4, 0.5) is 4.39 Å². The Kier molecular flexibility index (Phi) is 3.86. The van der Waals surface area contributed by atoms with E-state index in [0.717, 1.165) is 4.34 Å². The van der Waals surface area contributed by atoms with Gasteiger partial charge in [-0.1, -0.05) is 11.8 Å². The molecule has 0 aliphatic heterocycles. The number of rotatable bonds is 4. The van der Waals surface area contributed by atoms with E-state index in [2.05, 4.69) is 9.36 Å². The highest BCUT2D eigenvalue weighted by atomic mass is 32.2. The molecule has 88 valence electrons. The van der Waals surface area contributed by atoms with Gasteiger partial charge >= 0.3 is 0 Å². The molecule has 0 bridgehead atoms. The summed E-state index contributed by atoms with van der Waals surface area (Å²) in [6.07, 6.45) is 0. The zero-order valence-corrected chi connectivity index (χ0v) is 10.6. The lowest BCUT2D eigenvalue weighted by Gasteiger charge is -1.98. The van der Waals surface area contributed by atoms with E-state index in [1.807, 2.05) is 6.92 Å². The Bertz CT molecular complexity index is 525. The summed E-state index contributed by atoms with van der Waals surface area (Å²) in [4.78, 5) is 15.9. The van der Waals surface area contributed by atoms with Gasteiger partial charge in [0.1, 0.15) is 11.6 Å². The van der Waals surface area contributed by atoms with Gasteiger partial charge in [-0.15, -0.1) is 0 Å². The number of ketones is 1. The molecule has 0 N–H and O–H groups in total. The number of Topliss-reactive ketones (excluding diaryl/α,β-unsaturated/α-hetero) is 1. The third-order valence-corrected chi connectivity index (χ3v) is 3.93. The van der Waals surface area contributed by atoms with Gasteiger partial charge < -0.3 is 0 Å². The van der Waals surface area contributed by atoms with Crippen molar-refractivity contribution in [3.8, 4) is 0 Å². The average Bonchev–Trinajstić information content (AvgIpc) is 2.73. The summed E-state index contributed by atoms with van der Waals surface area (Å²) in [6, 6.07) is 5.55. The first-order valence-electron chi connectivity index (χ1n) is 4.87. The molecular formula is C11H9FN2OS2. The summed E-state index contributed by atoms with van der Waals surface area (Å²) in [6.45, 7) is 1.81. The molecule has 0 spiro atoms. The van der Waals surface area contributed by atoms with Crippen LogP contribution in [-0.4, -0.2) is 20.9 Å². The highest BCUT2D eigenvalue weighted by Gasteiger charge is 2.08. The fraction of sp³-hybridized carbons (Fsp3) is 0.182. The van der Waals surface area contributed by atoms with Crippen molar-refractivity contribution in [3.63, 3.8) is 0 Å². The van der Waals surface area contributed by atoms with Crippen molar-refractivity contribution < 1.29 is 9.18 Å². The van der Waals surface area contributed by atoms with Crippen molar-refractivity contribution in [2.75, 3.05) is 5.75 Å². The van der Waals surface area contributed by atoms with Crippen molar-refractivity contribution in [2.24, 2.45) is 0 Å². The van der Waals surface area contributed by atoms with Crippen LogP contribution in [0.2, 0.25) is 0 Å². The molecule has 1 aromatic heterocycles. The van der Waals surface area contributed by atoms with Crippen molar-refractivity contribution in [2.45, 2.75) is 11.3 Å². The van der Waals surface area contributed by atoms with Gasteiger partial charge in [-0.2, -0.15) is 4.37 Å². The molecule has 0 radical (unpaired) electrons.